The van der Waals surface area contributed by atoms with E-state index in [0.29, 0.717) is 6.04 Å². The van der Waals surface area contributed by atoms with E-state index in [1.807, 2.05) is 0 Å². The SMILES string of the molecule is CC1CC(O)(CC2CCCC2)CCN1C. The van der Waals surface area contributed by atoms with Crippen LogP contribution >= 0.6 is 0 Å². The molecule has 1 aliphatic heterocycles. The van der Waals surface area contributed by atoms with Gasteiger partial charge in [-0.2, -0.15) is 0 Å². The van der Waals surface area contributed by atoms with Gasteiger partial charge < -0.3 is 10.0 Å². The Morgan fingerprint density at radius 1 is 1.33 bits per heavy atom. The Morgan fingerprint density at radius 3 is 2.60 bits per heavy atom. The normalized spacial score (nSPS) is 39.8. The van der Waals surface area contributed by atoms with Crippen LogP contribution in [-0.4, -0.2) is 35.2 Å². The summed E-state index contributed by atoms with van der Waals surface area (Å²) in [7, 11) is 2.17. The van der Waals surface area contributed by atoms with Crippen LogP contribution in [0.3, 0.4) is 0 Å². The van der Waals surface area contributed by atoms with Gasteiger partial charge in [0, 0.05) is 12.6 Å². The zero-order valence-corrected chi connectivity index (χ0v) is 10.2. The molecule has 88 valence electrons. The van der Waals surface area contributed by atoms with Gasteiger partial charge in [0.25, 0.3) is 0 Å². The number of rotatable bonds is 2. The Labute approximate surface area is 93.7 Å². The van der Waals surface area contributed by atoms with Crippen LogP contribution in [0.15, 0.2) is 0 Å². The first-order chi connectivity index (χ1) is 7.09. The van der Waals surface area contributed by atoms with Gasteiger partial charge in [0.15, 0.2) is 0 Å². The molecular weight excluding hydrogens is 186 g/mol. The summed E-state index contributed by atoms with van der Waals surface area (Å²) >= 11 is 0. The molecule has 2 nitrogen and oxygen atoms in total. The number of piperidine rings is 1. The monoisotopic (exact) mass is 211 g/mol. The molecule has 2 rings (SSSR count). The molecule has 1 heterocycles. The lowest BCUT2D eigenvalue weighted by Gasteiger charge is -2.42. The quantitative estimate of drug-likeness (QED) is 0.758. The highest BCUT2D eigenvalue weighted by Gasteiger charge is 2.37. The zero-order valence-electron chi connectivity index (χ0n) is 10.2. The minimum absolute atomic E-state index is 0.346. The number of hydrogen-bond donors (Lipinski definition) is 1. The van der Waals surface area contributed by atoms with E-state index in [4.69, 9.17) is 0 Å². The lowest BCUT2D eigenvalue weighted by atomic mass is 9.80. The highest BCUT2D eigenvalue weighted by Crippen LogP contribution is 2.37. The first-order valence-corrected chi connectivity index (χ1v) is 6.52. The van der Waals surface area contributed by atoms with Crippen LogP contribution < -0.4 is 0 Å². The fourth-order valence-corrected chi connectivity index (χ4v) is 3.35. The molecule has 2 fully saturated rings. The fraction of sp³-hybridized carbons (Fsp3) is 1.00. The van der Waals surface area contributed by atoms with E-state index in [1.54, 1.807) is 0 Å². The Balaban J connectivity index is 1.88. The molecule has 0 aromatic heterocycles. The minimum atomic E-state index is -0.346. The summed E-state index contributed by atoms with van der Waals surface area (Å²) in [6.45, 7) is 3.29. The molecule has 1 saturated heterocycles. The molecule has 2 heteroatoms. The summed E-state index contributed by atoms with van der Waals surface area (Å²) < 4.78 is 0. The van der Waals surface area contributed by atoms with E-state index in [9.17, 15) is 5.11 Å². The van der Waals surface area contributed by atoms with Crippen molar-refractivity contribution in [3.63, 3.8) is 0 Å². The maximum Gasteiger partial charge on any atom is 0.0677 e. The summed E-state index contributed by atoms with van der Waals surface area (Å²) in [5.74, 6) is 0.811. The largest absolute Gasteiger partial charge is 0.390 e. The van der Waals surface area contributed by atoms with Crippen LogP contribution in [0.2, 0.25) is 0 Å². The third-order valence-corrected chi connectivity index (χ3v) is 4.50. The third-order valence-electron chi connectivity index (χ3n) is 4.50. The number of likely N-dealkylation sites (tertiary alicyclic amines) is 1. The van der Waals surface area contributed by atoms with Crippen molar-refractivity contribution < 1.29 is 5.11 Å². The summed E-state index contributed by atoms with van der Waals surface area (Å²) in [6.07, 6.45) is 8.49. The smallest absolute Gasteiger partial charge is 0.0677 e. The zero-order chi connectivity index (χ0) is 10.9. The van der Waals surface area contributed by atoms with E-state index in [1.165, 1.54) is 25.7 Å². The van der Waals surface area contributed by atoms with Gasteiger partial charge >= 0.3 is 0 Å². The number of aliphatic hydroxyl groups is 1. The third kappa shape index (κ3) is 2.73. The molecule has 0 aromatic rings. The minimum Gasteiger partial charge on any atom is -0.390 e. The van der Waals surface area contributed by atoms with E-state index in [2.05, 4.69) is 18.9 Å². The topological polar surface area (TPSA) is 23.5 Å². The molecule has 0 amide bonds. The van der Waals surface area contributed by atoms with Crippen LogP contribution in [0.25, 0.3) is 0 Å². The van der Waals surface area contributed by atoms with Crippen LogP contribution in [0.5, 0.6) is 0 Å². The van der Waals surface area contributed by atoms with Gasteiger partial charge in [0.1, 0.15) is 0 Å². The second kappa shape index (κ2) is 4.42. The van der Waals surface area contributed by atoms with Crippen molar-refractivity contribution in [3.05, 3.63) is 0 Å². The van der Waals surface area contributed by atoms with Crippen molar-refractivity contribution in [2.75, 3.05) is 13.6 Å². The summed E-state index contributed by atoms with van der Waals surface area (Å²) in [5.41, 5.74) is -0.346. The fourth-order valence-electron chi connectivity index (χ4n) is 3.35. The van der Waals surface area contributed by atoms with Gasteiger partial charge in [-0.3, -0.25) is 0 Å². The number of nitrogens with zero attached hydrogens (tertiary/aromatic N) is 1. The average molecular weight is 211 g/mol. The second-order valence-corrected chi connectivity index (χ2v) is 5.86. The summed E-state index contributed by atoms with van der Waals surface area (Å²) in [5, 5.41) is 10.6. The molecule has 0 bridgehead atoms. The van der Waals surface area contributed by atoms with Gasteiger partial charge in [-0.1, -0.05) is 25.7 Å². The van der Waals surface area contributed by atoms with Crippen molar-refractivity contribution in [1.82, 2.24) is 4.90 Å². The van der Waals surface area contributed by atoms with Gasteiger partial charge in [-0.15, -0.1) is 0 Å². The molecule has 1 aliphatic carbocycles. The highest BCUT2D eigenvalue weighted by atomic mass is 16.3. The Morgan fingerprint density at radius 2 is 2.00 bits per heavy atom. The molecule has 1 saturated carbocycles. The number of hydrogen-bond acceptors (Lipinski definition) is 2. The van der Waals surface area contributed by atoms with Gasteiger partial charge in [-0.25, -0.2) is 0 Å². The van der Waals surface area contributed by atoms with Crippen LogP contribution in [0.4, 0.5) is 0 Å². The molecule has 1 N–H and O–H groups in total. The van der Waals surface area contributed by atoms with E-state index >= 15 is 0 Å². The lowest BCUT2D eigenvalue weighted by molar-refractivity contribution is -0.0519. The Bertz CT molecular complexity index is 213. The average Bonchev–Trinajstić information content (AvgIpc) is 2.64. The Kier molecular flexibility index (Phi) is 3.36. The van der Waals surface area contributed by atoms with Crippen molar-refractivity contribution in [3.8, 4) is 0 Å². The van der Waals surface area contributed by atoms with Gasteiger partial charge in [0.05, 0.1) is 5.60 Å². The van der Waals surface area contributed by atoms with E-state index in [-0.39, 0.29) is 5.60 Å². The molecule has 0 aromatic carbocycles. The molecule has 2 atom stereocenters. The van der Waals surface area contributed by atoms with Crippen molar-refractivity contribution in [2.45, 2.75) is 63.5 Å². The van der Waals surface area contributed by atoms with Gasteiger partial charge in [0.2, 0.25) is 0 Å². The first-order valence-electron chi connectivity index (χ1n) is 6.52. The molecule has 15 heavy (non-hydrogen) atoms. The van der Waals surface area contributed by atoms with E-state index in [0.717, 1.165) is 31.7 Å². The Hall–Kier alpha value is -0.0800. The van der Waals surface area contributed by atoms with E-state index < -0.39 is 0 Å². The van der Waals surface area contributed by atoms with Gasteiger partial charge in [-0.05, 0) is 39.2 Å². The summed E-state index contributed by atoms with van der Waals surface area (Å²) in [4.78, 5) is 2.36. The van der Waals surface area contributed by atoms with Crippen molar-refractivity contribution in [1.29, 1.82) is 0 Å². The lowest BCUT2D eigenvalue weighted by Crippen LogP contribution is -2.48. The highest BCUT2D eigenvalue weighted by molar-refractivity contribution is 4.91. The molecule has 2 aliphatic rings. The maximum atomic E-state index is 10.6. The first kappa shape index (κ1) is 11.4. The molecular formula is C13H25NO. The predicted octanol–water partition coefficient (Wildman–Crippen LogP) is 2.41. The van der Waals surface area contributed by atoms with Crippen molar-refractivity contribution >= 4 is 0 Å². The summed E-state index contributed by atoms with van der Waals surface area (Å²) in [6, 6.07) is 0.546. The second-order valence-electron chi connectivity index (χ2n) is 5.86. The maximum absolute atomic E-state index is 10.6. The van der Waals surface area contributed by atoms with Crippen LogP contribution in [0, 0.1) is 5.92 Å². The molecule has 0 radical (unpaired) electrons. The van der Waals surface area contributed by atoms with Crippen LogP contribution in [-0.2, 0) is 0 Å². The molecule has 0 spiro atoms. The predicted molar refractivity (Wildman–Crippen MR) is 62.9 cm³/mol. The standard InChI is InChI=1S/C13H25NO/c1-11-9-13(15,7-8-14(11)2)10-12-5-3-4-6-12/h11-12,15H,3-10H2,1-2H3. The van der Waals surface area contributed by atoms with Crippen molar-refractivity contribution in [2.24, 2.45) is 5.92 Å². The molecule has 2 unspecified atom stereocenters. The van der Waals surface area contributed by atoms with Crippen LogP contribution in [0.1, 0.15) is 51.9 Å².